The van der Waals surface area contributed by atoms with Gasteiger partial charge in [-0.2, -0.15) is 4.98 Å². The second-order valence-electron chi connectivity index (χ2n) is 4.66. The summed E-state index contributed by atoms with van der Waals surface area (Å²) in [6.45, 7) is 1.55. The molecule has 1 saturated heterocycles. The number of methoxy groups -OCH3 is 1. The van der Waals surface area contributed by atoms with Crippen molar-refractivity contribution >= 4 is 17.7 Å². The molecular weight excluding hydrogens is 290 g/mol. The normalized spacial score (nSPS) is 18.0. The van der Waals surface area contributed by atoms with Crippen LogP contribution in [-0.2, 0) is 4.79 Å². The molecule has 110 valence electrons. The highest BCUT2D eigenvalue weighted by molar-refractivity contribution is 7.99. The van der Waals surface area contributed by atoms with Crippen LogP contribution in [0.3, 0.4) is 0 Å². The first-order chi connectivity index (χ1) is 10.2. The fourth-order valence-electron chi connectivity index (χ4n) is 2.27. The fourth-order valence-corrected chi connectivity index (χ4v) is 3.48. The van der Waals surface area contributed by atoms with Gasteiger partial charge in [0.15, 0.2) is 0 Å². The van der Waals surface area contributed by atoms with Gasteiger partial charge in [0.25, 0.3) is 5.89 Å². The van der Waals surface area contributed by atoms with Gasteiger partial charge in [-0.3, -0.25) is 4.79 Å². The summed E-state index contributed by atoms with van der Waals surface area (Å²) in [4.78, 5) is 17.8. The average molecular weight is 305 g/mol. The molecule has 3 rings (SSSR count). The highest BCUT2D eigenvalue weighted by Crippen LogP contribution is 2.34. The molecule has 0 aliphatic carbocycles. The van der Waals surface area contributed by atoms with Gasteiger partial charge in [0.2, 0.25) is 11.7 Å². The predicted molar refractivity (Wildman–Crippen MR) is 78.9 cm³/mol. The number of hydrogen-bond acceptors (Lipinski definition) is 6. The Hall–Kier alpha value is -2.02. The van der Waals surface area contributed by atoms with E-state index in [0.29, 0.717) is 23.3 Å². The Morgan fingerprint density at radius 1 is 1.48 bits per heavy atom. The van der Waals surface area contributed by atoms with Crippen LogP contribution < -0.4 is 4.74 Å². The van der Waals surface area contributed by atoms with Crippen molar-refractivity contribution in [2.45, 2.75) is 13.0 Å². The van der Waals surface area contributed by atoms with E-state index in [1.807, 2.05) is 24.3 Å². The quantitative estimate of drug-likeness (QED) is 0.867. The van der Waals surface area contributed by atoms with Gasteiger partial charge in [-0.1, -0.05) is 17.3 Å². The van der Waals surface area contributed by atoms with Crippen molar-refractivity contribution in [2.24, 2.45) is 0 Å². The van der Waals surface area contributed by atoms with Gasteiger partial charge in [-0.05, 0) is 12.1 Å². The Morgan fingerprint density at radius 3 is 3.05 bits per heavy atom. The standard InChI is InChI=1S/C14H15N3O3S/c1-9(18)17-8-21-7-11(17)14-15-13(16-20-14)10-5-3-4-6-12(10)19-2/h3-6,11H,7-8H2,1-2H3/t11-/m1/s1. The maximum Gasteiger partial charge on any atom is 0.250 e. The van der Waals surface area contributed by atoms with Crippen molar-refractivity contribution in [1.82, 2.24) is 15.0 Å². The number of thioether (sulfide) groups is 1. The Morgan fingerprint density at radius 2 is 2.29 bits per heavy atom. The van der Waals surface area contributed by atoms with Gasteiger partial charge in [0, 0.05) is 12.7 Å². The molecule has 0 radical (unpaired) electrons. The molecule has 1 aliphatic rings. The number of ether oxygens (including phenoxy) is 1. The van der Waals surface area contributed by atoms with Crippen molar-refractivity contribution in [2.75, 3.05) is 18.7 Å². The lowest BCUT2D eigenvalue weighted by Crippen LogP contribution is -2.28. The van der Waals surface area contributed by atoms with Crippen LogP contribution in [-0.4, -0.2) is 39.7 Å². The van der Waals surface area contributed by atoms with Gasteiger partial charge in [0.05, 0.1) is 18.6 Å². The number of aromatic nitrogens is 2. The molecule has 2 heterocycles. The van der Waals surface area contributed by atoms with Crippen LogP contribution >= 0.6 is 11.8 Å². The number of carbonyl (C=O) groups excluding carboxylic acids is 1. The number of amides is 1. The van der Waals surface area contributed by atoms with Gasteiger partial charge in [-0.15, -0.1) is 11.8 Å². The SMILES string of the molecule is COc1ccccc1-c1noc([C@H]2CSCN2C(C)=O)n1. The minimum atomic E-state index is -0.150. The lowest BCUT2D eigenvalue weighted by atomic mass is 10.2. The number of para-hydroxylation sites is 1. The van der Waals surface area contributed by atoms with Crippen molar-refractivity contribution in [3.8, 4) is 17.1 Å². The predicted octanol–water partition coefficient (Wildman–Crippen LogP) is 2.34. The van der Waals surface area contributed by atoms with E-state index in [0.717, 1.165) is 11.3 Å². The van der Waals surface area contributed by atoms with E-state index in [4.69, 9.17) is 9.26 Å². The van der Waals surface area contributed by atoms with E-state index < -0.39 is 0 Å². The van der Waals surface area contributed by atoms with Crippen LogP contribution in [0.4, 0.5) is 0 Å². The second kappa shape index (κ2) is 5.77. The topological polar surface area (TPSA) is 68.5 Å². The average Bonchev–Trinajstić information content (AvgIpc) is 3.15. The summed E-state index contributed by atoms with van der Waals surface area (Å²) in [6.07, 6.45) is 0. The maximum absolute atomic E-state index is 11.6. The van der Waals surface area contributed by atoms with Crippen molar-refractivity contribution in [1.29, 1.82) is 0 Å². The summed E-state index contributed by atoms with van der Waals surface area (Å²) in [5, 5.41) is 4.02. The zero-order chi connectivity index (χ0) is 14.8. The summed E-state index contributed by atoms with van der Waals surface area (Å²) in [5.41, 5.74) is 0.773. The number of rotatable bonds is 3. The molecule has 0 bridgehead atoms. The van der Waals surface area contributed by atoms with Crippen LogP contribution in [0.25, 0.3) is 11.4 Å². The summed E-state index contributed by atoms with van der Waals surface area (Å²) in [7, 11) is 1.60. The molecule has 0 N–H and O–H groups in total. The van der Waals surface area contributed by atoms with Crippen LogP contribution in [0.5, 0.6) is 5.75 Å². The Kier molecular flexibility index (Phi) is 3.83. The fraction of sp³-hybridized carbons (Fsp3) is 0.357. The van der Waals surface area contributed by atoms with Gasteiger partial charge in [-0.25, -0.2) is 0 Å². The molecule has 1 amide bonds. The van der Waals surface area contributed by atoms with E-state index in [9.17, 15) is 4.79 Å². The molecule has 0 saturated carbocycles. The molecule has 21 heavy (non-hydrogen) atoms. The van der Waals surface area contributed by atoms with Crippen LogP contribution in [0.2, 0.25) is 0 Å². The Balaban J connectivity index is 1.91. The lowest BCUT2D eigenvalue weighted by Gasteiger charge is -2.18. The van der Waals surface area contributed by atoms with Crippen LogP contribution in [0.15, 0.2) is 28.8 Å². The van der Waals surface area contributed by atoms with Crippen LogP contribution in [0, 0.1) is 0 Å². The summed E-state index contributed by atoms with van der Waals surface area (Å²) in [6, 6.07) is 7.34. The molecule has 0 spiro atoms. The zero-order valence-corrected chi connectivity index (χ0v) is 12.6. The highest BCUT2D eigenvalue weighted by Gasteiger charge is 2.33. The Labute approximate surface area is 126 Å². The minimum Gasteiger partial charge on any atom is -0.496 e. The van der Waals surface area contributed by atoms with Crippen molar-refractivity contribution in [3.05, 3.63) is 30.2 Å². The summed E-state index contributed by atoms with van der Waals surface area (Å²) >= 11 is 1.68. The number of benzene rings is 1. The molecule has 0 unspecified atom stereocenters. The van der Waals surface area contributed by atoms with E-state index in [-0.39, 0.29) is 11.9 Å². The van der Waals surface area contributed by atoms with Gasteiger partial charge in [0.1, 0.15) is 11.8 Å². The largest absolute Gasteiger partial charge is 0.496 e. The number of hydrogen-bond donors (Lipinski definition) is 0. The number of nitrogens with zero attached hydrogens (tertiary/aromatic N) is 3. The summed E-state index contributed by atoms with van der Waals surface area (Å²) < 4.78 is 10.7. The molecule has 2 aromatic rings. The molecule has 1 fully saturated rings. The van der Waals surface area contributed by atoms with E-state index in [2.05, 4.69) is 10.1 Å². The monoisotopic (exact) mass is 305 g/mol. The van der Waals surface area contributed by atoms with Gasteiger partial charge < -0.3 is 14.2 Å². The molecule has 1 aromatic heterocycles. The smallest absolute Gasteiger partial charge is 0.250 e. The first-order valence-corrected chi connectivity index (χ1v) is 7.68. The second-order valence-corrected chi connectivity index (χ2v) is 5.66. The molecule has 1 aromatic carbocycles. The van der Waals surface area contributed by atoms with E-state index in [1.165, 1.54) is 0 Å². The Bertz CT molecular complexity index is 658. The molecule has 7 heteroatoms. The van der Waals surface area contributed by atoms with Crippen molar-refractivity contribution < 1.29 is 14.1 Å². The third-order valence-electron chi connectivity index (χ3n) is 3.36. The van der Waals surface area contributed by atoms with Gasteiger partial charge >= 0.3 is 0 Å². The molecule has 1 atom stereocenters. The molecule has 1 aliphatic heterocycles. The third kappa shape index (κ3) is 2.61. The molecular formula is C14H15N3O3S. The minimum absolute atomic E-state index is 0.0158. The zero-order valence-electron chi connectivity index (χ0n) is 11.8. The van der Waals surface area contributed by atoms with E-state index >= 15 is 0 Å². The van der Waals surface area contributed by atoms with Crippen molar-refractivity contribution in [3.63, 3.8) is 0 Å². The number of carbonyl (C=O) groups is 1. The maximum atomic E-state index is 11.6. The first kappa shape index (κ1) is 13.9. The van der Waals surface area contributed by atoms with E-state index in [1.54, 1.807) is 30.7 Å². The lowest BCUT2D eigenvalue weighted by molar-refractivity contribution is -0.129. The molecule has 6 nitrogen and oxygen atoms in total. The summed E-state index contributed by atoms with van der Waals surface area (Å²) in [5.74, 6) is 3.08. The third-order valence-corrected chi connectivity index (χ3v) is 4.37. The van der Waals surface area contributed by atoms with Crippen LogP contribution in [0.1, 0.15) is 18.9 Å². The highest BCUT2D eigenvalue weighted by atomic mass is 32.2. The first-order valence-electron chi connectivity index (χ1n) is 6.52.